The van der Waals surface area contributed by atoms with Crippen LogP contribution in [0.15, 0.2) is 237 Å². The number of nitrogens with zero attached hydrogens (tertiary/aromatic N) is 4. The van der Waals surface area contributed by atoms with E-state index in [1.165, 1.54) is 60.3 Å². The highest BCUT2D eigenvalue weighted by atomic mass is 15.3. The molecule has 2 heterocycles. The van der Waals surface area contributed by atoms with Crippen molar-refractivity contribution in [2.24, 2.45) is 0 Å². The molecule has 12 aromatic rings. The third kappa shape index (κ3) is 6.02. The second-order valence-electron chi connectivity index (χ2n) is 18.4. The predicted molar refractivity (Wildman–Crippen MR) is 286 cm³/mol. The number of fused-ring (bicyclic) bond motifs is 10. The molecule has 2 aliphatic carbocycles. The standard InChI is InChI=1S/C65H44N4/c1-3-19-45(20-4-1)63-55-27-12-15-29-59(55)66-64(67-63)68(51-38-40-61-56(42-51)53-25-13-16-30-60(53)69(61)50-35-31-43-17-7-8-21-46(43)41-50)49-36-33-48(34-37-49)65(47-22-5-2-6-23-47)57-28-14-11-26-54(57)62-52-24-10-9-18-44(52)32-39-58(62)65/h1-14,16-28,30-42H,15,29H2. The van der Waals surface area contributed by atoms with Gasteiger partial charge in [-0.3, -0.25) is 4.90 Å². The Kier molecular flexibility index (Phi) is 8.90. The molecule has 0 spiro atoms. The van der Waals surface area contributed by atoms with E-state index in [0.29, 0.717) is 5.95 Å². The van der Waals surface area contributed by atoms with E-state index in [1.54, 1.807) is 0 Å². The number of benzene rings is 10. The van der Waals surface area contributed by atoms with Gasteiger partial charge in [0.2, 0.25) is 5.95 Å². The van der Waals surface area contributed by atoms with Gasteiger partial charge in [0.05, 0.1) is 27.8 Å². The van der Waals surface area contributed by atoms with Gasteiger partial charge in [-0.25, -0.2) is 9.97 Å². The maximum Gasteiger partial charge on any atom is 0.235 e. The van der Waals surface area contributed by atoms with E-state index in [1.807, 2.05) is 0 Å². The Balaban J connectivity index is 1.000. The number of aryl methyl sites for hydroxylation is 1. The Morgan fingerprint density at radius 2 is 1.13 bits per heavy atom. The number of hydrogen-bond donors (Lipinski definition) is 0. The second-order valence-corrected chi connectivity index (χ2v) is 18.4. The molecule has 4 nitrogen and oxygen atoms in total. The summed E-state index contributed by atoms with van der Waals surface area (Å²) in [5.74, 6) is 0.647. The first kappa shape index (κ1) is 39.3. The van der Waals surface area contributed by atoms with Crippen LogP contribution in [-0.2, 0) is 11.8 Å². The quantitative estimate of drug-likeness (QED) is 0.160. The van der Waals surface area contributed by atoms with Gasteiger partial charge >= 0.3 is 0 Å². The number of rotatable bonds is 7. The smallest absolute Gasteiger partial charge is 0.235 e. The minimum Gasteiger partial charge on any atom is -0.309 e. The lowest BCUT2D eigenvalue weighted by atomic mass is 9.67. The fourth-order valence-corrected chi connectivity index (χ4v) is 11.7. The molecule has 1 atom stereocenters. The zero-order valence-corrected chi connectivity index (χ0v) is 37.8. The number of allylic oxidation sites excluding steroid dienone is 1. The molecule has 0 amide bonds. The molecule has 2 aromatic heterocycles. The minimum absolute atomic E-state index is 0.556. The maximum absolute atomic E-state index is 5.54. The van der Waals surface area contributed by atoms with Crippen LogP contribution in [0.3, 0.4) is 0 Å². The summed E-state index contributed by atoms with van der Waals surface area (Å²) in [4.78, 5) is 13.3. The first-order valence-electron chi connectivity index (χ1n) is 24.0. The molecule has 0 saturated heterocycles. The molecular formula is C65H44N4. The molecule has 0 aliphatic heterocycles. The van der Waals surface area contributed by atoms with Gasteiger partial charge in [-0.05, 0) is 116 Å². The van der Waals surface area contributed by atoms with Crippen molar-refractivity contribution in [3.05, 3.63) is 270 Å². The second kappa shape index (κ2) is 15.6. The molecule has 0 bridgehead atoms. The van der Waals surface area contributed by atoms with Gasteiger partial charge in [-0.15, -0.1) is 0 Å². The van der Waals surface area contributed by atoms with E-state index in [4.69, 9.17) is 9.97 Å². The summed E-state index contributed by atoms with van der Waals surface area (Å²) in [5.41, 5.74) is 16.6. The molecule has 324 valence electrons. The Bertz CT molecular complexity index is 4020. The maximum atomic E-state index is 5.54. The Morgan fingerprint density at radius 3 is 1.99 bits per heavy atom. The normalized spacial score (nSPS) is 14.8. The summed E-state index contributed by atoms with van der Waals surface area (Å²) >= 11 is 0. The fraction of sp³-hybridized carbons (Fsp3) is 0.0462. The highest BCUT2D eigenvalue weighted by Gasteiger charge is 2.46. The van der Waals surface area contributed by atoms with Crippen LogP contribution >= 0.6 is 0 Å². The molecule has 0 fully saturated rings. The van der Waals surface area contributed by atoms with Crippen molar-refractivity contribution >= 4 is 66.7 Å². The zero-order chi connectivity index (χ0) is 45.5. The lowest BCUT2D eigenvalue weighted by Crippen LogP contribution is -2.28. The number of anilines is 3. The van der Waals surface area contributed by atoms with E-state index in [2.05, 4.69) is 252 Å². The largest absolute Gasteiger partial charge is 0.309 e. The summed E-state index contributed by atoms with van der Waals surface area (Å²) in [6, 6.07) is 84.4. The highest BCUT2D eigenvalue weighted by molar-refractivity contribution is 6.11. The van der Waals surface area contributed by atoms with Gasteiger partial charge in [0, 0.05) is 39.0 Å². The summed E-state index contributed by atoms with van der Waals surface area (Å²) in [6.07, 6.45) is 6.24. The van der Waals surface area contributed by atoms with E-state index >= 15 is 0 Å². The lowest BCUT2D eigenvalue weighted by molar-refractivity contribution is 0.769. The molecule has 0 N–H and O–H groups in total. The van der Waals surface area contributed by atoms with Gasteiger partial charge in [0.25, 0.3) is 0 Å². The van der Waals surface area contributed by atoms with Crippen molar-refractivity contribution in [3.63, 3.8) is 0 Å². The third-order valence-corrected chi connectivity index (χ3v) is 14.7. The average molecular weight is 881 g/mol. The van der Waals surface area contributed by atoms with Crippen LogP contribution in [-0.4, -0.2) is 14.5 Å². The van der Waals surface area contributed by atoms with Crippen LogP contribution < -0.4 is 4.90 Å². The van der Waals surface area contributed by atoms with E-state index in [-0.39, 0.29) is 0 Å². The van der Waals surface area contributed by atoms with Crippen LogP contribution in [0.5, 0.6) is 0 Å². The Labute approximate surface area is 400 Å². The average Bonchev–Trinajstić information content (AvgIpc) is 3.92. The summed E-state index contributed by atoms with van der Waals surface area (Å²) in [5, 5.41) is 7.31. The van der Waals surface area contributed by atoms with Gasteiger partial charge in [-0.2, -0.15) is 0 Å². The highest BCUT2D eigenvalue weighted by Crippen LogP contribution is 2.58. The summed E-state index contributed by atoms with van der Waals surface area (Å²) in [7, 11) is 0. The predicted octanol–water partition coefficient (Wildman–Crippen LogP) is 16.3. The van der Waals surface area contributed by atoms with E-state index in [0.717, 1.165) is 68.8 Å². The van der Waals surface area contributed by atoms with E-state index < -0.39 is 5.41 Å². The topological polar surface area (TPSA) is 34.0 Å². The van der Waals surface area contributed by atoms with Crippen molar-refractivity contribution in [2.45, 2.75) is 18.3 Å². The Hall–Kier alpha value is -8.86. The molecule has 69 heavy (non-hydrogen) atoms. The molecule has 14 rings (SSSR count). The van der Waals surface area contributed by atoms with Crippen molar-refractivity contribution < 1.29 is 0 Å². The van der Waals surface area contributed by atoms with Crippen LogP contribution in [0.2, 0.25) is 0 Å². The third-order valence-electron chi connectivity index (χ3n) is 14.7. The van der Waals surface area contributed by atoms with Crippen molar-refractivity contribution in [1.82, 2.24) is 14.5 Å². The summed E-state index contributed by atoms with van der Waals surface area (Å²) < 4.78 is 2.40. The molecule has 0 radical (unpaired) electrons. The SMILES string of the molecule is C1=Cc2c(nc(N(c3ccc(C4(c5ccccc5)c5ccccc5-c5c4ccc4ccccc54)cc3)c3ccc4c(c3)c3ccccc3n4-c3ccc4ccccc4c3)nc2-c2ccccc2)CC1. The zero-order valence-electron chi connectivity index (χ0n) is 37.8. The molecule has 2 aliphatic rings. The van der Waals surface area contributed by atoms with Gasteiger partial charge in [0.1, 0.15) is 0 Å². The molecular weight excluding hydrogens is 837 g/mol. The fourth-order valence-electron chi connectivity index (χ4n) is 11.7. The molecule has 10 aromatic carbocycles. The molecule has 0 saturated carbocycles. The first-order valence-corrected chi connectivity index (χ1v) is 24.0. The van der Waals surface area contributed by atoms with Crippen molar-refractivity contribution in [2.75, 3.05) is 4.90 Å². The van der Waals surface area contributed by atoms with Crippen molar-refractivity contribution in [1.29, 1.82) is 0 Å². The van der Waals surface area contributed by atoms with Crippen LogP contribution in [0.4, 0.5) is 17.3 Å². The van der Waals surface area contributed by atoms with Crippen LogP contribution in [0.1, 0.15) is 39.9 Å². The Morgan fingerprint density at radius 1 is 0.464 bits per heavy atom. The van der Waals surface area contributed by atoms with E-state index in [9.17, 15) is 0 Å². The minimum atomic E-state index is -0.556. The van der Waals surface area contributed by atoms with Gasteiger partial charge in [-0.1, -0.05) is 194 Å². The number of aromatic nitrogens is 3. The van der Waals surface area contributed by atoms with Crippen LogP contribution in [0, 0.1) is 0 Å². The van der Waals surface area contributed by atoms with Crippen molar-refractivity contribution in [3.8, 4) is 28.1 Å². The first-order chi connectivity index (χ1) is 34.2. The molecule has 1 unspecified atom stereocenters. The van der Waals surface area contributed by atoms with Gasteiger partial charge < -0.3 is 4.57 Å². The number of para-hydroxylation sites is 1. The van der Waals surface area contributed by atoms with Crippen LogP contribution in [0.25, 0.3) is 77.5 Å². The number of hydrogen-bond acceptors (Lipinski definition) is 3. The monoisotopic (exact) mass is 880 g/mol. The summed E-state index contributed by atoms with van der Waals surface area (Å²) in [6.45, 7) is 0. The van der Waals surface area contributed by atoms with Gasteiger partial charge in [0.15, 0.2) is 0 Å². The molecule has 4 heteroatoms. The lowest BCUT2D eigenvalue weighted by Gasteiger charge is -2.34.